The first-order valence-electron chi connectivity index (χ1n) is 18.1. The molecule has 0 unspecified atom stereocenters. The first-order chi connectivity index (χ1) is 26.7. The van der Waals surface area contributed by atoms with Crippen LogP contribution in [0.15, 0.2) is 176 Å². The molecule has 0 saturated carbocycles. The molecule has 1 aliphatic carbocycles. The maximum absolute atomic E-state index is 5.33. The van der Waals surface area contributed by atoms with Crippen LogP contribution in [0.4, 0.5) is 0 Å². The zero-order chi connectivity index (χ0) is 35.6. The molecule has 0 atom stereocenters. The van der Waals surface area contributed by atoms with Crippen LogP contribution in [0.5, 0.6) is 0 Å². The lowest BCUT2D eigenvalue weighted by molar-refractivity contribution is 1.26. The van der Waals surface area contributed by atoms with E-state index in [2.05, 4.69) is 137 Å². The molecule has 54 heavy (non-hydrogen) atoms. The number of aromatic nitrogens is 5. The highest BCUT2D eigenvalue weighted by molar-refractivity contribution is 6.18. The van der Waals surface area contributed by atoms with Gasteiger partial charge < -0.3 is 0 Å². The third kappa shape index (κ3) is 4.90. The molecule has 0 fully saturated rings. The van der Waals surface area contributed by atoms with Crippen molar-refractivity contribution in [2.24, 2.45) is 0 Å². The Balaban J connectivity index is 0.989. The topological polar surface area (TPSA) is 64.5 Å². The van der Waals surface area contributed by atoms with E-state index in [0.717, 1.165) is 78.0 Å². The number of rotatable bonds is 5. The van der Waals surface area contributed by atoms with Gasteiger partial charge in [-0.15, -0.1) is 0 Å². The van der Waals surface area contributed by atoms with Crippen molar-refractivity contribution < 1.29 is 0 Å². The summed E-state index contributed by atoms with van der Waals surface area (Å²) in [6.07, 6.45) is 7.25. The van der Waals surface area contributed by atoms with Crippen molar-refractivity contribution in [1.82, 2.24) is 24.9 Å². The van der Waals surface area contributed by atoms with Crippen LogP contribution in [0.3, 0.4) is 0 Å². The molecule has 5 aromatic heterocycles. The molecule has 5 heteroatoms. The number of hydrogen-bond acceptors (Lipinski definition) is 5. The van der Waals surface area contributed by atoms with E-state index in [0.29, 0.717) is 0 Å². The van der Waals surface area contributed by atoms with Gasteiger partial charge >= 0.3 is 0 Å². The van der Waals surface area contributed by atoms with Crippen molar-refractivity contribution in [3.05, 3.63) is 176 Å². The molecule has 11 rings (SSSR count). The summed E-state index contributed by atoms with van der Waals surface area (Å²) in [7, 11) is 0. The van der Waals surface area contributed by atoms with Gasteiger partial charge in [-0.2, -0.15) is 0 Å². The van der Waals surface area contributed by atoms with Gasteiger partial charge in [0.2, 0.25) is 0 Å². The number of fused-ring (bicyclic) bond motifs is 6. The highest BCUT2D eigenvalue weighted by Gasteiger charge is 2.22. The van der Waals surface area contributed by atoms with E-state index in [9.17, 15) is 0 Å². The van der Waals surface area contributed by atoms with E-state index in [1.165, 1.54) is 33.0 Å². The summed E-state index contributed by atoms with van der Waals surface area (Å²) >= 11 is 0. The second-order valence-corrected chi connectivity index (χ2v) is 13.7. The third-order valence-electron chi connectivity index (χ3n) is 10.6. The van der Waals surface area contributed by atoms with Gasteiger partial charge in [-0.25, -0.2) is 15.0 Å². The fourth-order valence-corrected chi connectivity index (χ4v) is 7.97. The van der Waals surface area contributed by atoms with Crippen LogP contribution < -0.4 is 0 Å². The van der Waals surface area contributed by atoms with E-state index in [1.807, 2.05) is 36.7 Å². The zero-order valence-electron chi connectivity index (χ0n) is 29.0. The Morgan fingerprint density at radius 3 is 1.52 bits per heavy atom. The maximum Gasteiger partial charge on any atom is 0.0972 e. The van der Waals surface area contributed by atoms with Crippen molar-refractivity contribution >= 4 is 32.6 Å². The molecular weight excluding hydrogens is 659 g/mol. The smallest absolute Gasteiger partial charge is 0.0972 e. The highest BCUT2D eigenvalue weighted by atomic mass is 14.8. The number of pyridine rings is 5. The summed E-state index contributed by atoms with van der Waals surface area (Å²) in [5, 5.41) is 4.65. The van der Waals surface area contributed by atoms with E-state index in [4.69, 9.17) is 15.0 Å². The van der Waals surface area contributed by atoms with Gasteiger partial charge in [-0.3, -0.25) is 9.97 Å². The van der Waals surface area contributed by atoms with Crippen LogP contribution in [-0.2, 0) is 0 Å². The van der Waals surface area contributed by atoms with Gasteiger partial charge in [0.15, 0.2) is 0 Å². The Hall–Kier alpha value is -7.37. The lowest BCUT2D eigenvalue weighted by Gasteiger charge is -2.12. The van der Waals surface area contributed by atoms with E-state index in [1.54, 1.807) is 12.4 Å². The van der Waals surface area contributed by atoms with Crippen LogP contribution in [0, 0.1) is 0 Å². The SMILES string of the molecule is c1cncc(-c2cc(-c3ccc(-c4ccc5ccc6ccc(-c7ccc8c9c(cccc79)-c7ccccc7-8)nc6c5n4)cc3)cc(-c3cccnc3)n2)c1. The van der Waals surface area contributed by atoms with E-state index in [-0.39, 0.29) is 0 Å². The minimum atomic E-state index is 0.862. The summed E-state index contributed by atoms with van der Waals surface area (Å²) in [6.45, 7) is 0. The Bertz CT molecular complexity index is 3000. The lowest BCUT2D eigenvalue weighted by atomic mass is 9.96. The normalized spacial score (nSPS) is 11.7. The van der Waals surface area contributed by atoms with Crippen LogP contribution >= 0.6 is 0 Å². The number of nitrogens with zero attached hydrogens (tertiary/aromatic N) is 5. The lowest BCUT2D eigenvalue weighted by Crippen LogP contribution is -1.93. The van der Waals surface area contributed by atoms with Crippen LogP contribution in [0.25, 0.3) is 111 Å². The summed E-state index contributed by atoms with van der Waals surface area (Å²) in [5.41, 5.74) is 16.8. The molecule has 250 valence electrons. The Labute approximate surface area is 311 Å². The monoisotopic (exact) mass is 687 g/mol. The fourth-order valence-electron chi connectivity index (χ4n) is 7.97. The molecule has 0 spiro atoms. The standard InChI is InChI=1S/C49H29N5/c1-2-9-38-37(8-1)40-10-3-11-41-39(20-21-42(38)47(40)41)44-23-19-33-17-16-32-18-22-43(53-48(32)49(33)54-44)31-14-12-30(13-15-31)36-26-45(34-6-4-24-50-28-34)52-46(27-36)35-7-5-25-51-29-35/h1-29H. The molecular formula is C49H29N5. The average Bonchev–Trinajstić information content (AvgIpc) is 3.58. The first kappa shape index (κ1) is 30.3. The molecule has 5 aromatic carbocycles. The number of hydrogen-bond donors (Lipinski definition) is 0. The largest absolute Gasteiger partial charge is 0.264 e. The van der Waals surface area contributed by atoms with E-state index >= 15 is 0 Å². The molecule has 0 aliphatic heterocycles. The van der Waals surface area contributed by atoms with Gasteiger partial charge in [-0.05, 0) is 92.7 Å². The molecule has 0 bridgehead atoms. The fraction of sp³-hybridized carbons (Fsp3) is 0. The summed E-state index contributed by atoms with van der Waals surface area (Å²) in [5.74, 6) is 0. The third-order valence-corrected chi connectivity index (χ3v) is 10.6. The van der Waals surface area contributed by atoms with E-state index < -0.39 is 0 Å². The van der Waals surface area contributed by atoms with Crippen molar-refractivity contribution in [3.8, 4) is 78.4 Å². The Morgan fingerprint density at radius 1 is 0.315 bits per heavy atom. The van der Waals surface area contributed by atoms with Crippen LogP contribution in [0.1, 0.15) is 0 Å². The molecule has 0 saturated heterocycles. The minimum Gasteiger partial charge on any atom is -0.264 e. The molecule has 1 aliphatic rings. The average molecular weight is 688 g/mol. The predicted molar refractivity (Wildman–Crippen MR) is 220 cm³/mol. The highest BCUT2D eigenvalue weighted by Crippen LogP contribution is 2.49. The summed E-state index contributed by atoms with van der Waals surface area (Å²) in [4.78, 5) is 24.2. The molecule has 0 N–H and O–H groups in total. The van der Waals surface area contributed by atoms with Crippen molar-refractivity contribution in [2.75, 3.05) is 0 Å². The van der Waals surface area contributed by atoms with Crippen molar-refractivity contribution in [1.29, 1.82) is 0 Å². The van der Waals surface area contributed by atoms with Crippen molar-refractivity contribution in [3.63, 3.8) is 0 Å². The van der Waals surface area contributed by atoms with Gasteiger partial charge in [0.1, 0.15) is 0 Å². The molecule has 0 radical (unpaired) electrons. The second-order valence-electron chi connectivity index (χ2n) is 13.7. The maximum atomic E-state index is 5.33. The second kappa shape index (κ2) is 12.1. The molecule has 10 aromatic rings. The van der Waals surface area contributed by atoms with Gasteiger partial charge in [0, 0.05) is 57.8 Å². The van der Waals surface area contributed by atoms with Gasteiger partial charge in [-0.1, -0.05) is 103 Å². The number of benzene rings is 5. The zero-order valence-corrected chi connectivity index (χ0v) is 29.0. The Morgan fingerprint density at radius 2 is 0.870 bits per heavy atom. The predicted octanol–water partition coefficient (Wildman–Crippen LogP) is 12.1. The first-order valence-corrected chi connectivity index (χ1v) is 18.1. The molecule has 5 nitrogen and oxygen atoms in total. The van der Waals surface area contributed by atoms with Crippen LogP contribution in [-0.4, -0.2) is 24.9 Å². The van der Waals surface area contributed by atoms with Gasteiger partial charge in [0.25, 0.3) is 0 Å². The van der Waals surface area contributed by atoms with Crippen molar-refractivity contribution in [2.45, 2.75) is 0 Å². The quantitative estimate of drug-likeness (QED) is 0.169. The van der Waals surface area contributed by atoms with Crippen LogP contribution in [0.2, 0.25) is 0 Å². The van der Waals surface area contributed by atoms with Gasteiger partial charge in [0.05, 0.1) is 33.8 Å². The summed E-state index contributed by atoms with van der Waals surface area (Å²) in [6, 6.07) is 53.4. The summed E-state index contributed by atoms with van der Waals surface area (Å²) < 4.78 is 0. The Kier molecular flexibility index (Phi) is 6.79. The minimum absolute atomic E-state index is 0.862. The molecule has 0 amide bonds. The molecule has 5 heterocycles.